The summed E-state index contributed by atoms with van der Waals surface area (Å²) in [6.45, 7) is 10.0. The van der Waals surface area contributed by atoms with Gasteiger partial charge in [-0.05, 0) is 36.6 Å². The standard InChI is InChI=1S/C24H30N4OS/c1-3-19-8-10-20(11-9-19)18(2)25-23(29)16-27-12-14-28(15-13-27)17-24-26-21-6-4-5-7-22(21)30-24/h4-11,18H,3,12-17H2,1-2H3,(H,25,29)/p+2/t18-/m0/s1. The van der Waals surface area contributed by atoms with Gasteiger partial charge in [-0.25, -0.2) is 4.98 Å². The highest BCUT2D eigenvalue weighted by molar-refractivity contribution is 7.18. The van der Waals surface area contributed by atoms with Crippen LogP contribution < -0.4 is 15.1 Å². The fourth-order valence-corrected chi connectivity index (χ4v) is 5.20. The normalized spacial score (nSPS) is 20.2. The maximum Gasteiger partial charge on any atom is 0.275 e. The number of nitrogens with one attached hydrogen (secondary N) is 3. The first-order valence-corrected chi connectivity index (χ1v) is 11.8. The van der Waals surface area contributed by atoms with E-state index in [1.54, 1.807) is 16.2 Å². The predicted octanol–water partition coefficient (Wildman–Crippen LogP) is 1.02. The molecule has 2 aromatic carbocycles. The van der Waals surface area contributed by atoms with E-state index in [1.165, 1.54) is 25.7 Å². The van der Waals surface area contributed by atoms with Gasteiger partial charge in [-0.15, -0.1) is 11.3 Å². The second kappa shape index (κ2) is 9.69. The minimum Gasteiger partial charge on any atom is -0.345 e. The van der Waals surface area contributed by atoms with Crippen LogP contribution in [0.5, 0.6) is 0 Å². The average molecular weight is 425 g/mol. The summed E-state index contributed by atoms with van der Waals surface area (Å²) < 4.78 is 1.27. The molecule has 0 saturated carbocycles. The fourth-order valence-electron chi connectivity index (χ4n) is 4.16. The Balaban J connectivity index is 1.22. The highest BCUT2D eigenvalue weighted by atomic mass is 32.1. The van der Waals surface area contributed by atoms with Crippen molar-refractivity contribution in [2.45, 2.75) is 32.9 Å². The summed E-state index contributed by atoms with van der Waals surface area (Å²) in [4.78, 5) is 20.3. The molecule has 0 spiro atoms. The van der Waals surface area contributed by atoms with Crippen LogP contribution in [0.2, 0.25) is 0 Å². The number of hydrogen-bond donors (Lipinski definition) is 3. The highest BCUT2D eigenvalue weighted by Crippen LogP contribution is 2.20. The van der Waals surface area contributed by atoms with Crippen molar-refractivity contribution in [3.63, 3.8) is 0 Å². The van der Waals surface area contributed by atoms with E-state index in [2.05, 4.69) is 61.6 Å². The number of fused-ring (bicyclic) bond motifs is 1. The zero-order chi connectivity index (χ0) is 20.9. The first-order valence-electron chi connectivity index (χ1n) is 11.0. The first kappa shape index (κ1) is 21.0. The van der Waals surface area contributed by atoms with Crippen LogP contribution in [-0.2, 0) is 17.8 Å². The van der Waals surface area contributed by atoms with Crippen molar-refractivity contribution in [1.82, 2.24) is 10.3 Å². The van der Waals surface area contributed by atoms with Crippen molar-refractivity contribution in [2.24, 2.45) is 0 Å². The van der Waals surface area contributed by atoms with Crippen molar-refractivity contribution in [3.05, 3.63) is 64.7 Å². The van der Waals surface area contributed by atoms with Crippen LogP contribution in [0.1, 0.15) is 36.0 Å². The van der Waals surface area contributed by atoms with Crippen LogP contribution >= 0.6 is 11.3 Å². The molecule has 1 aliphatic rings. The Hall–Kier alpha value is -2.28. The Morgan fingerprint density at radius 2 is 1.77 bits per heavy atom. The Morgan fingerprint density at radius 1 is 1.07 bits per heavy atom. The van der Waals surface area contributed by atoms with Gasteiger partial charge in [0.15, 0.2) is 6.54 Å². The molecule has 3 aromatic rings. The lowest BCUT2D eigenvalue weighted by atomic mass is 10.1. The zero-order valence-electron chi connectivity index (χ0n) is 17.9. The maximum atomic E-state index is 12.5. The SMILES string of the molecule is CCc1ccc([C@H](C)NC(=O)C[NH+]2CC[NH+](Cc3nc4ccccc4s3)CC2)cc1. The summed E-state index contributed by atoms with van der Waals surface area (Å²) in [6, 6.07) is 17.0. The van der Waals surface area contributed by atoms with E-state index in [0.717, 1.165) is 44.7 Å². The van der Waals surface area contributed by atoms with Gasteiger partial charge in [-0.3, -0.25) is 4.79 Å². The molecule has 1 amide bonds. The fraction of sp³-hybridized carbons (Fsp3) is 0.417. The van der Waals surface area contributed by atoms with Gasteiger partial charge in [-0.1, -0.05) is 43.3 Å². The molecule has 0 bridgehead atoms. The van der Waals surface area contributed by atoms with E-state index in [4.69, 9.17) is 4.98 Å². The summed E-state index contributed by atoms with van der Waals surface area (Å²) >= 11 is 1.81. The number of quaternary nitrogens is 2. The molecule has 2 heterocycles. The van der Waals surface area contributed by atoms with Crippen LogP contribution in [0.4, 0.5) is 0 Å². The second-order valence-corrected chi connectivity index (χ2v) is 9.43. The van der Waals surface area contributed by atoms with Crippen molar-refractivity contribution >= 4 is 27.5 Å². The summed E-state index contributed by atoms with van der Waals surface area (Å²) in [6.07, 6.45) is 1.04. The van der Waals surface area contributed by atoms with Crippen molar-refractivity contribution in [1.29, 1.82) is 0 Å². The maximum absolute atomic E-state index is 12.5. The lowest BCUT2D eigenvalue weighted by Crippen LogP contribution is -3.28. The summed E-state index contributed by atoms with van der Waals surface area (Å²) in [5, 5.41) is 4.39. The number of rotatable bonds is 7. The minimum absolute atomic E-state index is 0.0498. The molecule has 3 N–H and O–H groups in total. The molecular weight excluding hydrogens is 392 g/mol. The zero-order valence-corrected chi connectivity index (χ0v) is 18.7. The average Bonchev–Trinajstić information content (AvgIpc) is 3.17. The van der Waals surface area contributed by atoms with Gasteiger partial charge in [0, 0.05) is 0 Å². The summed E-state index contributed by atoms with van der Waals surface area (Å²) in [5.74, 6) is 0.145. The van der Waals surface area contributed by atoms with Crippen LogP contribution in [0.25, 0.3) is 10.2 Å². The predicted molar refractivity (Wildman–Crippen MR) is 122 cm³/mol. The molecule has 4 rings (SSSR count). The second-order valence-electron chi connectivity index (χ2n) is 8.31. The van der Waals surface area contributed by atoms with Crippen LogP contribution in [-0.4, -0.2) is 43.6 Å². The van der Waals surface area contributed by atoms with Gasteiger partial charge in [0.2, 0.25) is 0 Å². The molecule has 158 valence electrons. The Morgan fingerprint density at radius 3 is 2.47 bits per heavy atom. The molecule has 5 nitrogen and oxygen atoms in total. The Bertz CT molecular complexity index is 943. The number of aryl methyl sites for hydroxylation is 1. The third-order valence-electron chi connectivity index (χ3n) is 6.08. The number of hydrogen-bond acceptors (Lipinski definition) is 3. The number of amides is 1. The van der Waals surface area contributed by atoms with E-state index >= 15 is 0 Å². The molecule has 1 aliphatic heterocycles. The minimum atomic E-state index is 0.0498. The molecule has 1 atom stereocenters. The number of para-hydroxylation sites is 1. The molecule has 1 fully saturated rings. The molecule has 0 unspecified atom stereocenters. The molecule has 6 heteroatoms. The lowest BCUT2D eigenvalue weighted by molar-refractivity contribution is -1.02. The van der Waals surface area contributed by atoms with Crippen LogP contribution in [0.15, 0.2) is 48.5 Å². The van der Waals surface area contributed by atoms with Gasteiger partial charge >= 0.3 is 0 Å². The van der Waals surface area contributed by atoms with Gasteiger partial charge in [-0.2, -0.15) is 0 Å². The number of benzene rings is 2. The van der Waals surface area contributed by atoms with Crippen LogP contribution in [0.3, 0.4) is 0 Å². The smallest absolute Gasteiger partial charge is 0.275 e. The topological polar surface area (TPSA) is 50.9 Å². The molecule has 0 aliphatic carbocycles. The molecule has 0 radical (unpaired) electrons. The lowest BCUT2D eigenvalue weighted by Gasteiger charge is -2.29. The van der Waals surface area contributed by atoms with Crippen molar-refractivity contribution in [3.8, 4) is 0 Å². The van der Waals surface area contributed by atoms with Gasteiger partial charge in [0.25, 0.3) is 5.91 Å². The molecule has 1 saturated heterocycles. The number of piperazine rings is 1. The van der Waals surface area contributed by atoms with E-state index in [-0.39, 0.29) is 11.9 Å². The van der Waals surface area contributed by atoms with Crippen molar-refractivity contribution < 1.29 is 14.6 Å². The molecule has 30 heavy (non-hydrogen) atoms. The third kappa shape index (κ3) is 5.25. The van der Waals surface area contributed by atoms with E-state index < -0.39 is 0 Å². The number of aromatic nitrogens is 1. The monoisotopic (exact) mass is 424 g/mol. The third-order valence-corrected chi connectivity index (χ3v) is 7.12. The Kier molecular flexibility index (Phi) is 6.77. The van der Waals surface area contributed by atoms with Gasteiger partial charge in [0.1, 0.15) is 37.7 Å². The quantitative estimate of drug-likeness (QED) is 0.531. The summed E-state index contributed by atoms with van der Waals surface area (Å²) in [5.41, 5.74) is 3.60. The first-order chi connectivity index (χ1) is 14.6. The van der Waals surface area contributed by atoms with Crippen LogP contribution in [0, 0.1) is 0 Å². The van der Waals surface area contributed by atoms with E-state index in [9.17, 15) is 4.79 Å². The molecular formula is C24H32N4OS+2. The van der Waals surface area contributed by atoms with Gasteiger partial charge in [0.05, 0.1) is 16.3 Å². The van der Waals surface area contributed by atoms with Gasteiger partial charge < -0.3 is 15.1 Å². The number of carbonyl (C=O) groups excluding carboxylic acids is 1. The van der Waals surface area contributed by atoms with E-state index in [0.29, 0.717) is 6.54 Å². The summed E-state index contributed by atoms with van der Waals surface area (Å²) in [7, 11) is 0. The molecule has 1 aromatic heterocycles. The number of thiazole rings is 1. The number of carbonyl (C=O) groups is 1. The Labute approximate surface area is 182 Å². The highest BCUT2D eigenvalue weighted by Gasteiger charge is 2.26. The van der Waals surface area contributed by atoms with Crippen molar-refractivity contribution in [2.75, 3.05) is 32.7 Å². The van der Waals surface area contributed by atoms with E-state index in [1.807, 2.05) is 6.07 Å². The largest absolute Gasteiger partial charge is 0.345 e. The number of nitrogens with zero attached hydrogens (tertiary/aromatic N) is 1.